The number of anilines is 1. The standard InChI is InChI=1S/C21H20ClF2N5O4S/c1-25-20(30)19-15-6-3-11(9-29(15)10-27-19)17-13(24)4-5-14(18(17)22)28-34(31,32)16-7-12(23)8-26-21(16)33-2/h4-5,7-8,10-11,28H,3,6,9H2,1-2H3,(H,25,30)/t11-/m1/s1. The van der Waals surface area contributed by atoms with E-state index in [2.05, 4.69) is 20.0 Å². The number of ether oxygens (including phenoxy) is 1. The van der Waals surface area contributed by atoms with Crippen LogP contribution in [0.5, 0.6) is 5.88 Å². The Morgan fingerprint density at radius 1 is 1.29 bits per heavy atom. The van der Waals surface area contributed by atoms with E-state index in [-0.39, 0.29) is 28.1 Å². The number of hydrogen-bond acceptors (Lipinski definition) is 6. The van der Waals surface area contributed by atoms with Crippen molar-refractivity contribution in [2.24, 2.45) is 0 Å². The van der Waals surface area contributed by atoms with Crippen LogP contribution in [0.15, 0.2) is 35.6 Å². The molecule has 9 nitrogen and oxygen atoms in total. The van der Waals surface area contributed by atoms with Crippen molar-refractivity contribution in [1.29, 1.82) is 0 Å². The molecule has 0 unspecified atom stereocenters. The van der Waals surface area contributed by atoms with Crippen molar-refractivity contribution in [3.63, 3.8) is 0 Å². The van der Waals surface area contributed by atoms with Gasteiger partial charge in [-0.15, -0.1) is 0 Å². The third-order valence-corrected chi connectivity index (χ3v) is 7.35. The lowest BCUT2D eigenvalue weighted by Crippen LogP contribution is -2.24. The number of hydrogen-bond donors (Lipinski definition) is 2. The summed E-state index contributed by atoms with van der Waals surface area (Å²) in [5.74, 6) is -2.49. The van der Waals surface area contributed by atoms with Crippen LogP contribution in [-0.4, -0.2) is 43.0 Å². The number of carbonyl (C=O) groups excluding carboxylic acids is 1. The van der Waals surface area contributed by atoms with Crippen LogP contribution in [0.25, 0.3) is 0 Å². The summed E-state index contributed by atoms with van der Waals surface area (Å²) >= 11 is 6.47. The monoisotopic (exact) mass is 511 g/mol. The largest absolute Gasteiger partial charge is 0.480 e. The summed E-state index contributed by atoms with van der Waals surface area (Å²) in [6.45, 7) is 0.299. The summed E-state index contributed by atoms with van der Waals surface area (Å²) in [5, 5.41) is 2.42. The van der Waals surface area contributed by atoms with Crippen molar-refractivity contribution < 1.29 is 26.7 Å². The second kappa shape index (κ2) is 9.18. The van der Waals surface area contributed by atoms with E-state index in [1.807, 2.05) is 0 Å². The van der Waals surface area contributed by atoms with Gasteiger partial charge in [0.05, 0.1) is 36.0 Å². The van der Waals surface area contributed by atoms with E-state index in [4.69, 9.17) is 16.3 Å². The molecule has 2 N–H and O–H groups in total. The highest BCUT2D eigenvalue weighted by atomic mass is 35.5. The number of carbonyl (C=O) groups is 1. The van der Waals surface area contributed by atoms with Crippen LogP contribution in [0, 0.1) is 11.6 Å². The van der Waals surface area contributed by atoms with Crippen molar-refractivity contribution in [3.8, 4) is 5.88 Å². The number of benzene rings is 1. The van der Waals surface area contributed by atoms with Gasteiger partial charge in [0.2, 0.25) is 5.88 Å². The number of rotatable bonds is 6. The van der Waals surface area contributed by atoms with Gasteiger partial charge in [-0.3, -0.25) is 9.52 Å². The molecule has 3 aromatic rings. The zero-order valence-electron chi connectivity index (χ0n) is 18.1. The molecule has 3 heterocycles. The Labute approximate surface area is 199 Å². The lowest BCUT2D eigenvalue weighted by Gasteiger charge is -2.27. The van der Waals surface area contributed by atoms with E-state index >= 15 is 0 Å². The van der Waals surface area contributed by atoms with E-state index in [1.165, 1.54) is 26.6 Å². The zero-order chi connectivity index (χ0) is 24.6. The summed E-state index contributed by atoms with van der Waals surface area (Å²) in [7, 11) is -1.65. The number of nitrogens with zero attached hydrogens (tertiary/aromatic N) is 3. The number of nitrogens with one attached hydrogen (secondary N) is 2. The van der Waals surface area contributed by atoms with E-state index in [1.54, 1.807) is 4.57 Å². The molecule has 0 saturated heterocycles. The van der Waals surface area contributed by atoms with Gasteiger partial charge in [0.25, 0.3) is 15.9 Å². The molecule has 180 valence electrons. The molecule has 0 saturated carbocycles. The molecule has 0 radical (unpaired) electrons. The van der Waals surface area contributed by atoms with Crippen LogP contribution < -0.4 is 14.8 Å². The lowest BCUT2D eigenvalue weighted by molar-refractivity contribution is 0.0957. The minimum atomic E-state index is -4.36. The molecule has 1 atom stereocenters. The fourth-order valence-corrected chi connectivity index (χ4v) is 5.60. The molecule has 0 aliphatic carbocycles. The second-order valence-corrected chi connectivity index (χ2v) is 9.62. The van der Waals surface area contributed by atoms with Crippen molar-refractivity contribution >= 4 is 33.2 Å². The van der Waals surface area contributed by atoms with Gasteiger partial charge < -0.3 is 14.6 Å². The number of fused-ring (bicyclic) bond motifs is 1. The van der Waals surface area contributed by atoms with E-state index in [0.717, 1.165) is 24.0 Å². The lowest BCUT2D eigenvalue weighted by atomic mass is 9.89. The summed E-state index contributed by atoms with van der Waals surface area (Å²) in [6, 6.07) is 3.06. The van der Waals surface area contributed by atoms with Gasteiger partial charge in [-0.1, -0.05) is 11.6 Å². The van der Waals surface area contributed by atoms with Gasteiger partial charge in [-0.2, -0.15) is 0 Å². The highest BCUT2D eigenvalue weighted by Crippen LogP contribution is 2.40. The molecule has 0 spiro atoms. The highest BCUT2D eigenvalue weighted by molar-refractivity contribution is 7.92. The Morgan fingerprint density at radius 2 is 2.06 bits per heavy atom. The quantitative estimate of drug-likeness (QED) is 0.525. The van der Waals surface area contributed by atoms with E-state index in [9.17, 15) is 22.0 Å². The Bertz CT molecular complexity index is 1380. The Hall–Kier alpha value is -3.25. The minimum Gasteiger partial charge on any atom is -0.480 e. The van der Waals surface area contributed by atoms with Crippen molar-refractivity contribution in [2.75, 3.05) is 18.9 Å². The molecule has 1 aromatic carbocycles. The summed E-state index contributed by atoms with van der Waals surface area (Å²) in [5.41, 5.74) is 1.10. The molecular formula is C21H20ClF2N5O4S. The fraction of sp³-hybridized carbons (Fsp3) is 0.286. The number of sulfonamides is 1. The molecule has 0 bridgehead atoms. The number of aromatic nitrogens is 3. The second-order valence-electron chi connectivity index (χ2n) is 7.60. The van der Waals surface area contributed by atoms with Gasteiger partial charge >= 0.3 is 0 Å². The molecule has 4 rings (SSSR count). The van der Waals surface area contributed by atoms with Crippen molar-refractivity contribution in [3.05, 3.63) is 64.3 Å². The molecule has 34 heavy (non-hydrogen) atoms. The first-order valence-electron chi connectivity index (χ1n) is 10.1. The summed E-state index contributed by atoms with van der Waals surface area (Å²) in [4.78, 5) is 19.2. The normalized spacial score (nSPS) is 15.5. The smallest absolute Gasteiger partial charge is 0.271 e. The molecular weight excluding hydrogens is 492 g/mol. The predicted molar refractivity (Wildman–Crippen MR) is 120 cm³/mol. The SMILES string of the molecule is CNC(=O)c1ncn2c1CC[C@@H](c1c(F)ccc(NS(=O)(=O)c3cc(F)cnc3OC)c1Cl)C2. The number of methoxy groups -OCH3 is 1. The number of pyridine rings is 1. The molecule has 2 aromatic heterocycles. The Kier molecular flexibility index (Phi) is 6.45. The van der Waals surface area contributed by atoms with Gasteiger partial charge in [0.15, 0.2) is 4.90 Å². The maximum atomic E-state index is 14.9. The van der Waals surface area contributed by atoms with Crippen LogP contribution in [0.4, 0.5) is 14.5 Å². The van der Waals surface area contributed by atoms with Gasteiger partial charge in [0.1, 0.15) is 17.3 Å². The summed E-state index contributed by atoms with van der Waals surface area (Å²) in [6.07, 6.45) is 3.24. The van der Waals surface area contributed by atoms with Crippen LogP contribution in [0.3, 0.4) is 0 Å². The first-order valence-corrected chi connectivity index (χ1v) is 12.0. The van der Waals surface area contributed by atoms with Crippen LogP contribution in [0.1, 0.15) is 34.1 Å². The highest BCUT2D eigenvalue weighted by Gasteiger charge is 2.30. The molecule has 13 heteroatoms. The first kappa shape index (κ1) is 23.9. The number of halogens is 3. The maximum absolute atomic E-state index is 14.9. The fourth-order valence-electron chi connectivity index (χ4n) is 3.99. The van der Waals surface area contributed by atoms with Crippen molar-refractivity contribution in [2.45, 2.75) is 30.2 Å². The predicted octanol–water partition coefficient (Wildman–Crippen LogP) is 3.11. The van der Waals surface area contributed by atoms with Gasteiger partial charge in [-0.05, 0) is 25.0 Å². The average molecular weight is 512 g/mol. The Balaban J connectivity index is 1.67. The minimum absolute atomic E-state index is 0.0770. The van der Waals surface area contributed by atoms with Crippen LogP contribution >= 0.6 is 11.6 Å². The first-order chi connectivity index (χ1) is 16.2. The van der Waals surface area contributed by atoms with Crippen LogP contribution in [-0.2, 0) is 23.0 Å². The number of imidazole rings is 1. The maximum Gasteiger partial charge on any atom is 0.271 e. The molecule has 1 amide bonds. The van der Waals surface area contributed by atoms with Crippen LogP contribution in [0.2, 0.25) is 5.02 Å². The molecule has 0 fully saturated rings. The zero-order valence-corrected chi connectivity index (χ0v) is 19.7. The third-order valence-electron chi connectivity index (χ3n) is 5.58. The third kappa shape index (κ3) is 4.30. The average Bonchev–Trinajstić information content (AvgIpc) is 3.24. The van der Waals surface area contributed by atoms with E-state index in [0.29, 0.717) is 25.1 Å². The van der Waals surface area contributed by atoms with Gasteiger partial charge in [0, 0.05) is 31.1 Å². The Morgan fingerprint density at radius 3 is 2.76 bits per heavy atom. The van der Waals surface area contributed by atoms with E-state index < -0.39 is 32.5 Å². The topological polar surface area (TPSA) is 115 Å². The molecule has 1 aliphatic heterocycles. The molecule has 1 aliphatic rings. The summed E-state index contributed by atoms with van der Waals surface area (Å²) < 4.78 is 63.3. The number of amides is 1. The van der Waals surface area contributed by atoms with Crippen molar-refractivity contribution in [1.82, 2.24) is 19.9 Å². The van der Waals surface area contributed by atoms with Gasteiger partial charge in [-0.25, -0.2) is 27.2 Å².